The fourth-order valence-electron chi connectivity index (χ4n) is 2.18. The molecule has 1 saturated heterocycles. The van der Waals surface area contributed by atoms with Gasteiger partial charge in [-0.3, -0.25) is 4.79 Å². The molecule has 0 bridgehead atoms. The summed E-state index contributed by atoms with van der Waals surface area (Å²) in [5, 5.41) is 3.95. The van der Waals surface area contributed by atoms with E-state index in [1.165, 1.54) is 0 Å². The highest BCUT2D eigenvalue weighted by molar-refractivity contribution is 9.10. The number of rotatable bonds is 3. The van der Waals surface area contributed by atoms with E-state index in [1.54, 1.807) is 11.0 Å². The fraction of sp³-hybridized carbons (Fsp3) is 0.462. The average molecular weight is 332 g/mol. The number of hydrogen-bond donors (Lipinski definition) is 1. The van der Waals surface area contributed by atoms with Crippen molar-refractivity contribution in [2.75, 3.05) is 11.4 Å². The van der Waals surface area contributed by atoms with E-state index >= 15 is 0 Å². The molecule has 1 N–H and O–H groups in total. The summed E-state index contributed by atoms with van der Waals surface area (Å²) in [5.74, 6) is 0.131. The highest BCUT2D eigenvalue weighted by Gasteiger charge is 2.33. The molecule has 0 aliphatic carbocycles. The van der Waals surface area contributed by atoms with Crippen molar-refractivity contribution in [2.45, 2.75) is 32.4 Å². The second-order valence-electron chi connectivity index (χ2n) is 4.75. The van der Waals surface area contributed by atoms with Crippen molar-refractivity contribution in [1.82, 2.24) is 5.32 Å². The highest BCUT2D eigenvalue weighted by Crippen LogP contribution is 2.31. The maximum absolute atomic E-state index is 12.3. The molecule has 1 amide bonds. The van der Waals surface area contributed by atoms with Crippen molar-refractivity contribution in [3.05, 3.63) is 27.7 Å². The van der Waals surface area contributed by atoms with Crippen LogP contribution in [0.2, 0.25) is 5.02 Å². The number of carbonyl (C=O) groups is 1. The van der Waals surface area contributed by atoms with Crippen molar-refractivity contribution < 1.29 is 4.79 Å². The Morgan fingerprint density at radius 3 is 2.83 bits per heavy atom. The lowest BCUT2D eigenvalue weighted by Gasteiger charge is -2.19. The number of nitrogens with one attached hydrogen (secondary N) is 1. The number of anilines is 1. The molecule has 1 atom stereocenters. The van der Waals surface area contributed by atoms with E-state index in [2.05, 4.69) is 21.2 Å². The Kier molecular flexibility index (Phi) is 4.30. The zero-order chi connectivity index (χ0) is 13.3. The first-order valence-corrected chi connectivity index (χ1v) is 7.18. The van der Waals surface area contributed by atoms with E-state index in [4.69, 9.17) is 11.6 Å². The topological polar surface area (TPSA) is 32.3 Å². The summed E-state index contributed by atoms with van der Waals surface area (Å²) >= 11 is 9.37. The largest absolute Gasteiger partial charge is 0.310 e. The second kappa shape index (κ2) is 5.59. The normalized spacial score (nSPS) is 19.9. The van der Waals surface area contributed by atoms with Gasteiger partial charge in [-0.05, 0) is 40.5 Å². The van der Waals surface area contributed by atoms with Crippen LogP contribution in [0, 0.1) is 0 Å². The molecule has 1 heterocycles. The summed E-state index contributed by atoms with van der Waals surface area (Å²) in [6.45, 7) is 4.84. The van der Waals surface area contributed by atoms with Gasteiger partial charge in [-0.15, -0.1) is 0 Å². The Balaban J connectivity index is 2.18. The maximum atomic E-state index is 12.3. The van der Waals surface area contributed by atoms with Gasteiger partial charge in [0.15, 0.2) is 0 Å². The Hall–Kier alpha value is -0.580. The number of nitrogens with zero attached hydrogens (tertiary/aromatic N) is 1. The van der Waals surface area contributed by atoms with Crippen molar-refractivity contribution in [2.24, 2.45) is 0 Å². The first-order valence-electron chi connectivity index (χ1n) is 6.01. The molecule has 1 aliphatic heterocycles. The quantitative estimate of drug-likeness (QED) is 0.922. The number of amides is 1. The fourth-order valence-corrected chi connectivity index (χ4v) is 3.07. The van der Waals surface area contributed by atoms with Gasteiger partial charge >= 0.3 is 0 Å². The molecule has 1 unspecified atom stereocenters. The van der Waals surface area contributed by atoms with E-state index < -0.39 is 0 Å². The Morgan fingerprint density at radius 2 is 2.22 bits per heavy atom. The molecule has 0 aromatic heterocycles. The van der Waals surface area contributed by atoms with E-state index in [-0.39, 0.29) is 11.9 Å². The molecule has 0 radical (unpaired) electrons. The van der Waals surface area contributed by atoms with Crippen LogP contribution in [0.5, 0.6) is 0 Å². The van der Waals surface area contributed by atoms with Gasteiger partial charge in [0.1, 0.15) is 0 Å². The monoisotopic (exact) mass is 330 g/mol. The van der Waals surface area contributed by atoms with Gasteiger partial charge in [-0.2, -0.15) is 0 Å². The van der Waals surface area contributed by atoms with E-state index in [0.29, 0.717) is 11.1 Å². The molecular formula is C13H16BrClN2O. The summed E-state index contributed by atoms with van der Waals surface area (Å²) in [6, 6.07) is 5.73. The maximum Gasteiger partial charge on any atom is 0.244 e. The van der Waals surface area contributed by atoms with Crippen LogP contribution in [0.1, 0.15) is 20.3 Å². The van der Waals surface area contributed by atoms with Crippen molar-refractivity contribution in [3.8, 4) is 0 Å². The van der Waals surface area contributed by atoms with Gasteiger partial charge in [0.2, 0.25) is 5.91 Å². The third-order valence-corrected chi connectivity index (χ3v) is 3.81. The Morgan fingerprint density at radius 1 is 1.50 bits per heavy atom. The van der Waals surface area contributed by atoms with Gasteiger partial charge in [0.05, 0.1) is 11.7 Å². The van der Waals surface area contributed by atoms with Gasteiger partial charge in [0.25, 0.3) is 0 Å². The minimum atomic E-state index is -0.0763. The standard InChI is InChI=1S/C13H16BrClN2O/c1-8(2)16-11-5-6-17(13(11)18)12-4-3-9(15)7-10(12)14/h3-4,7-8,11,16H,5-6H2,1-2H3. The molecular weight excluding hydrogens is 316 g/mol. The summed E-state index contributed by atoms with van der Waals surface area (Å²) in [5.41, 5.74) is 0.887. The molecule has 5 heteroatoms. The number of halogens is 2. The number of hydrogen-bond acceptors (Lipinski definition) is 2. The van der Waals surface area contributed by atoms with Crippen LogP contribution in [0.15, 0.2) is 22.7 Å². The molecule has 0 spiro atoms. The Bertz CT molecular complexity index is 464. The van der Waals surface area contributed by atoms with Crippen molar-refractivity contribution in [3.63, 3.8) is 0 Å². The van der Waals surface area contributed by atoms with Crippen molar-refractivity contribution >= 4 is 39.1 Å². The average Bonchev–Trinajstić information content (AvgIpc) is 2.60. The molecule has 0 saturated carbocycles. The lowest BCUT2D eigenvalue weighted by atomic mass is 10.2. The van der Waals surface area contributed by atoms with E-state index in [0.717, 1.165) is 23.1 Å². The molecule has 3 nitrogen and oxygen atoms in total. The molecule has 1 aliphatic rings. The molecule has 1 aromatic carbocycles. The first-order chi connectivity index (χ1) is 8.49. The van der Waals surface area contributed by atoms with Gasteiger partial charge in [0, 0.05) is 22.1 Å². The smallest absolute Gasteiger partial charge is 0.244 e. The van der Waals surface area contributed by atoms with Gasteiger partial charge < -0.3 is 10.2 Å². The highest BCUT2D eigenvalue weighted by atomic mass is 79.9. The third kappa shape index (κ3) is 2.87. The number of benzene rings is 1. The van der Waals surface area contributed by atoms with Gasteiger partial charge in [-0.25, -0.2) is 0 Å². The Labute approximate surface area is 121 Å². The van der Waals surface area contributed by atoms with Crippen LogP contribution in [0.25, 0.3) is 0 Å². The second-order valence-corrected chi connectivity index (χ2v) is 6.04. The van der Waals surface area contributed by atoms with Gasteiger partial charge in [-0.1, -0.05) is 25.4 Å². The van der Waals surface area contributed by atoms with E-state index in [1.807, 2.05) is 26.0 Å². The zero-order valence-corrected chi connectivity index (χ0v) is 12.8. The third-order valence-electron chi connectivity index (χ3n) is 2.94. The minimum absolute atomic E-state index is 0.0763. The first kappa shape index (κ1) is 13.8. The molecule has 2 rings (SSSR count). The summed E-state index contributed by atoms with van der Waals surface area (Å²) in [6.07, 6.45) is 0.839. The zero-order valence-electron chi connectivity index (χ0n) is 10.4. The minimum Gasteiger partial charge on any atom is -0.310 e. The predicted molar refractivity (Wildman–Crippen MR) is 78.2 cm³/mol. The van der Waals surface area contributed by atoms with Crippen LogP contribution in [-0.4, -0.2) is 24.5 Å². The molecule has 1 fully saturated rings. The lowest BCUT2D eigenvalue weighted by molar-refractivity contribution is -0.118. The van der Waals surface area contributed by atoms with Crippen molar-refractivity contribution in [1.29, 1.82) is 0 Å². The SMILES string of the molecule is CC(C)NC1CCN(c2ccc(Cl)cc2Br)C1=O. The molecule has 18 heavy (non-hydrogen) atoms. The van der Waals surface area contributed by atoms with Crippen LogP contribution in [0.3, 0.4) is 0 Å². The summed E-state index contributed by atoms with van der Waals surface area (Å²) in [7, 11) is 0. The lowest BCUT2D eigenvalue weighted by Crippen LogP contribution is -2.41. The van der Waals surface area contributed by atoms with E-state index in [9.17, 15) is 4.79 Å². The number of carbonyl (C=O) groups excluding carboxylic acids is 1. The molecule has 1 aromatic rings. The predicted octanol–water partition coefficient (Wildman–Crippen LogP) is 3.21. The van der Waals surface area contributed by atoms with Crippen LogP contribution >= 0.6 is 27.5 Å². The summed E-state index contributed by atoms with van der Waals surface area (Å²) in [4.78, 5) is 14.1. The van der Waals surface area contributed by atoms with Crippen LogP contribution in [-0.2, 0) is 4.79 Å². The van der Waals surface area contributed by atoms with Crippen LogP contribution in [0.4, 0.5) is 5.69 Å². The summed E-state index contributed by atoms with van der Waals surface area (Å²) < 4.78 is 0.855. The molecule has 98 valence electrons. The van der Waals surface area contributed by atoms with Crippen LogP contribution < -0.4 is 10.2 Å².